The molecule has 0 unspecified atom stereocenters. The molecule has 3 aromatic rings. The zero-order chi connectivity index (χ0) is 15.9. The molecule has 0 saturated heterocycles. The van der Waals surface area contributed by atoms with Crippen LogP contribution in [0.4, 0.5) is 4.39 Å². The van der Waals surface area contributed by atoms with E-state index < -0.39 is 0 Å². The Bertz CT molecular complexity index is 922. The van der Waals surface area contributed by atoms with Crippen LogP contribution >= 0.6 is 0 Å². The fourth-order valence-corrected chi connectivity index (χ4v) is 2.39. The van der Waals surface area contributed by atoms with Crippen molar-refractivity contribution in [2.45, 2.75) is 0 Å². The number of hydrogen-bond acceptors (Lipinski definition) is 3. The summed E-state index contributed by atoms with van der Waals surface area (Å²) in [6.07, 6.45) is 1.57. The van der Waals surface area contributed by atoms with Crippen LogP contribution in [0.5, 0.6) is 0 Å². The van der Waals surface area contributed by atoms with Crippen molar-refractivity contribution in [2.75, 3.05) is 7.05 Å². The number of aryl methyl sites for hydroxylation is 1. The Morgan fingerprint density at radius 2 is 2.05 bits per heavy atom. The molecule has 1 aromatic carbocycles. The number of aromatic nitrogens is 3. The highest BCUT2D eigenvalue weighted by Gasteiger charge is 2.13. The van der Waals surface area contributed by atoms with Crippen molar-refractivity contribution in [3.63, 3.8) is 0 Å². The molecule has 0 aliphatic heterocycles. The highest BCUT2D eigenvalue weighted by molar-refractivity contribution is 5.78. The van der Waals surface area contributed by atoms with Gasteiger partial charge in [0.05, 0.1) is 34.3 Å². The lowest BCUT2D eigenvalue weighted by Crippen LogP contribution is -2.21. The number of nitrogens with one attached hydrogen (secondary N) is 1. The Morgan fingerprint density at radius 3 is 2.68 bits per heavy atom. The zero-order valence-electron chi connectivity index (χ0n) is 12.3. The highest BCUT2D eigenvalue weighted by atomic mass is 19.1. The van der Waals surface area contributed by atoms with E-state index in [1.165, 1.54) is 21.3 Å². The molecule has 0 bridgehead atoms. The quantitative estimate of drug-likeness (QED) is 0.805. The van der Waals surface area contributed by atoms with Crippen LogP contribution in [0.1, 0.15) is 5.69 Å². The van der Waals surface area contributed by atoms with Crippen molar-refractivity contribution in [3.8, 4) is 5.69 Å². The average molecular weight is 298 g/mol. The summed E-state index contributed by atoms with van der Waals surface area (Å²) in [4.78, 5) is 16.7. The molecule has 22 heavy (non-hydrogen) atoms. The van der Waals surface area contributed by atoms with Gasteiger partial charge in [-0.3, -0.25) is 14.1 Å². The topological polar surface area (TPSA) is 51.9 Å². The number of halogens is 1. The van der Waals surface area contributed by atoms with E-state index in [4.69, 9.17) is 0 Å². The maximum atomic E-state index is 13.5. The van der Waals surface area contributed by atoms with Gasteiger partial charge in [-0.25, -0.2) is 9.18 Å². The summed E-state index contributed by atoms with van der Waals surface area (Å²) in [6.45, 7) is 3.83. The van der Waals surface area contributed by atoms with Gasteiger partial charge in [0.2, 0.25) is 0 Å². The van der Waals surface area contributed by atoms with Gasteiger partial charge in [0.15, 0.2) is 0 Å². The molecule has 2 heterocycles. The van der Waals surface area contributed by atoms with E-state index in [1.54, 1.807) is 38.5 Å². The van der Waals surface area contributed by atoms with Crippen LogP contribution in [0.15, 0.2) is 47.9 Å². The molecule has 0 amide bonds. The molecule has 0 radical (unpaired) electrons. The molecule has 0 aliphatic carbocycles. The summed E-state index contributed by atoms with van der Waals surface area (Å²) < 4.78 is 16.5. The smallest absolute Gasteiger partial charge is 0.333 e. The van der Waals surface area contributed by atoms with E-state index in [-0.39, 0.29) is 11.5 Å². The second-order valence-electron chi connectivity index (χ2n) is 4.94. The Hall–Kier alpha value is -2.89. The van der Waals surface area contributed by atoms with Crippen LogP contribution in [-0.4, -0.2) is 21.2 Å². The van der Waals surface area contributed by atoms with Crippen molar-refractivity contribution in [1.82, 2.24) is 19.4 Å². The minimum Gasteiger partial charge on any atom is -0.387 e. The Balaban J connectivity index is 2.22. The third-order valence-corrected chi connectivity index (χ3v) is 3.63. The lowest BCUT2D eigenvalue weighted by Gasteiger charge is -2.06. The van der Waals surface area contributed by atoms with Gasteiger partial charge in [-0.15, -0.1) is 0 Å². The van der Waals surface area contributed by atoms with Crippen molar-refractivity contribution in [2.24, 2.45) is 7.05 Å². The van der Waals surface area contributed by atoms with Crippen LogP contribution in [0.2, 0.25) is 0 Å². The summed E-state index contributed by atoms with van der Waals surface area (Å²) in [5, 5.41) is 2.91. The maximum Gasteiger partial charge on any atom is 0.333 e. The minimum absolute atomic E-state index is 0.248. The summed E-state index contributed by atoms with van der Waals surface area (Å²) >= 11 is 0. The largest absolute Gasteiger partial charge is 0.387 e. The van der Waals surface area contributed by atoms with E-state index in [0.717, 1.165) is 0 Å². The molecule has 112 valence electrons. The van der Waals surface area contributed by atoms with Gasteiger partial charge in [0.1, 0.15) is 5.82 Å². The number of benzene rings is 1. The maximum absolute atomic E-state index is 13.5. The van der Waals surface area contributed by atoms with Crippen molar-refractivity contribution < 1.29 is 4.39 Å². The first-order valence-electron chi connectivity index (χ1n) is 6.73. The number of rotatable bonds is 3. The molecule has 0 fully saturated rings. The molecule has 0 saturated carbocycles. The molecule has 1 N–H and O–H groups in total. The van der Waals surface area contributed by atoms with E-state index in [2.05, 4.69) is 16.9 Å². The molecule has 3 rings (SSSR count). The van der Waals surface area contributed by atoms with Gasteiger partial charge in [-0.1, -0.05) is 6.58 Å². The summed E-state index contributed by atoms with van der Waals surface area (Å²) in [5.41, 5.74) is 2.87. The molecule has 5 nitrogen and oxygen atoms in total. The van der Waals surface area contributed by atoms with E-state index in [9.17, 15) is 9.18 Å². The number of nitrogens with zero attached hydrogens (tertiary/aromatic N) is 3. The SMILES string of the molecule is C=C(NC)c1ccc(-n2c(=O)n(C)c3ccc(F)cc32)cn1. The van der Waals surface area contributed by atoms with E-state index in [0.29, 0.717) is 28.1 Å². The standard InChI is InChI=1S/C16H15FN4O/c1-10(18-2)13-6-5-12(9-19-13)21-15-8-11(17)4-7-14(15)20(3)16(21)22/h4-9,18H,1H2,2-3H3. The number of pyridine rings is 1. The van der Waals surface area contributed by atoms with Crippen LogP contribution in [0.25, 0.3) is 22.4 Å². The monoisotopic (exact) mass is 298 g/mol. The Labute approximate surface area is 126 Å². The van der Waals surface area contributed by atoms with Gasteiger partial charge in [0, 0.05) is 20.2 Å². The molecule has 0 atom stereocenters. The van der Waals surface area contributed by atoms with Crippen LogP contribution in [0, 0.1) is 5.82 Å². The number of imidazole rings is 1. The van der Waals surface area contributed by atoms with E-state index in [1.807, 2.05) is 0 Å². The Morgan fingerprint density at radius 1 is 1.27 bits per heavy atom. The third-order valence-electron chi connectivity index (χ3n) is 3.63. The summed E-state index contributed by atoms with van der Waals surface area (Å²) in [7, 11) is 3.42. The molecule has 0 spiro atoms. The molecule has 2 aromatic heterocycles. The van der Waals surface area contributed by atoms with Gasteiger partial charge in [-0.05, 0) is 24.3 Å². The van der Waals surface area contributed by atoms with Crippen LogP contribution in [-0.2, 0) is 7.05 Å². The second-order valence-corrected chi connectivity index (χ2v) is 4.94. The van der Waals surface area contributed by atoms with Crippen molar-refractivity contribution >= 4 is 16.7 Å². The number of fused-ring (bicyclic) bond motifs is 1. The van der Waals surface area contributed by atoms with Gasteiger partial charge >= 0.3 is 5.69 Å². The lowest BCUT2D eigenvalue weighted by atomic mass is 10.2. The number of hydrogen-bond donors (Lipinski definition) is 1. The average Bonchev–Trinajstić information content (AvgIpc) is 2.78. The first-order valence-corrected chi connectivity index (χ1v) is 6.73. The third kappa shape index (κ3) is 2.09. The predicted molar refractivity (Wildman–Crippen MR) is 84.4 cm³/mol. The lowest BCUT2D eigenvalue weighted by molar-refractivity contribution is 0.629. The summed E-state index contributed by atoms with van der Waals surface area (Å²) in [5.74, 6) is -0.389. The second kappa shape index (κ2) is 5.14. The van der Waals surface area contributed by atoms with Gasteiger partial charge < -0.3 is 5.32 Å². The first-order chi connectivity index (χ1) is 10.5. The normalized spacial score (nSPS) is 10.9. The summed E-state index contributed by atoms with van der Waals surface area (Å²) in [6, 6.07) is 7.80. The molecular formula is C16H15FN4O. The zero-order valence-corrected chi connectivity index (χ0v) is 12.3. The highest BCUT2D eigenvalue weighted by Crippen LogP contribution is 2.18. The minimum atomic E-state index is -0.389. The molecule has 6 heteroatoms. The molecular weight excluding hydrogens is 283 g/mol. The van der Waals surface area contributed by atoms with Crippen molar-refractivity contribution in [1.29, 1.82) is 0 Å². The van der Waals surface area contributed by atoms with Gasteiger partial charge in [0.25, 0.3) is 0 Å². The van der Waals surface area contributed by atoms with Crippen LogP contribution < -0.4 is 11.0 Å². The fourth-order valence-electron chi connectivity index (χ4n) is 2.39. The predicted octanol–water partition coefficient (Wildman–Crippen LogP) is 2.05. The fraction of sp³-hybridized carbons (Fsp3) is 0.125. The van der Waals surface area contributed by atoms with Crippen LogP contribution in [0.3, 0.4) is 0 Å². The van der Waals surface area contributed by atoms with Gasteiger partial charge in [-0.2, -0.15) is 0 Å². The van der Waals surface area contributed by atoms with Crippen molar-refractivity contribution in [3.05, 3.63) is 65.1 Å². The Kier molecular flexibility index (Phi) is 3.29. The first kappa shape index (κ1) is 14.1. The molecule has 0 aliphatic rings. The van der Waals surface area contributed by atoms with E-state index >= 15 is 0 Å².